The molecular formula is C11H25NO3. The van der Waals surface area contributed by atoms with E-state index in [1.807, 2.05) is 13.8 Å². The molecule has 4 heteroatoms. The number of hydrogen-bond acceptors (Lipinski definition) is 4. The van der Waals surface area contributed by atoms with Gasteiger partial charge in [0.2, 0.25) is 0 Å². The van der Waals surface area contributed by atoms with Crippen LogP contribution in [0.2, 0.25) is 0 Å². The molecule has 0 heterocycles. The van der Waals surface area contributed by atoms with Crippen LogP contribution in [0.15, 0.2) is 0 Å². The number of ether oxygens (including phenoxy) is 2. The van der Waals surface area contributed by atoms with Crippen LogP contribution in [0.25, 0.3) is 0 Å². The van der Waals surface area contributed by atoms with Gasteiger partial charge < -0.3 is 20.3 Å². The van der Waals surface area contributed by atoms with E-state index in [0.717, 1.165) is 12.8 Å². The molecule has 3 N–H and O–H groups in total. The van der Waals surface area contributed by atoms with Gasteiger partial charge in [0, 0.05) is 13.2 Å². The quantitative estimate of drug-likeness (QED) is 0.566. The van der Waals surface area contributed by atoms with Crippen LogP contribution in [-0.4, -0.2) is 43.2 Å². The second kappa shape index (κ2) is 8.05. The lowest BCUT2D eigenvalue weighted by molar-refractivity contribution is -0.0751. The van der Waals surface area contributed by atoms with Crippen LogP contribution in [0.3, 0.4) is 0 Å². The van der Waals surface area contributed by atoms with Gasteiger partial charge in [-0.2, -0.15) is 0 Å². The van der Waals surface area contributed by atoms with E-state index in [4.69, 9.17) is 15.2 Å². The highest BCUT2D eigenvalue weighted by molar-refractivity contribution is 4.69. The molecule has 0 saturated carbocycles. The predicted molar refractivity (Wildman–Crippen MR) is 60.8 cm³/mol. The summed E-state index contributed by atoms with van der Waals surface area (Å²) >= 11 is 0. The molecule has 15 heavy (non-hydrogen) atoms. The van der Waals surface area contributed by atoms with Crippen molar-refractivity contribution in [3.05, 3.63) is 0 Å². The van der Waals surface area contributed by atoms with Gasteiger partial charge in [0.05, 0.1) is 18.8 Å². The Bertz CT molecular complexity index is 151. The van der Waals surface area contributed by atoms with Crippen molar-refractivity contribution in [2.24, 2.45) is 5.73 Å². The molecule has 0 fully saturated rings. The topological polar surface area (TPSA) is 64.7 Å². The van der Waals surface area contributed by atoms with Crippen molar-refractivity contribution in [2.75, 3.05) is 26.4 Å². The van der Waals surface area contributed by atoms with Gasteiger partial charge in [-0.3, -0.25) is 0 Å². The van der Waals surface area contributed by atoms with Crippen molar-refractivity contribution in [3.8, 4) is 0 Å². The predicted octanol–water partition coefficient (Wildman–Crippen LogP) is 0.918. The lowest BCUT2D eigenvalue weighted by Gasteiger charge is -2.24. The van der Waals surface area contributed by atoms with Crippen molar-refractivity contribution in [2.45, 2.75) is 45.3 Å². The first kappa shape index (κ1) is 14.8. The van der Waals surface area contributed by atoms with E-state index >= 15 is 0 Å². The second-order valence-corrected chi connectivity index (χ2v) is 4.36. The minimum atomic E-state index is -0.562. The number of nitrogens with two attached hydrogens (primary N) is 1. The maximum Gasteiger partial charge on any atom is 0.101 e. The fourth-order valence-corrected chi connectivity index (χ4v) is 0.895. The summed E-state index contributed by atoms with van der Waals surface area (Å²) in [6.45, 7) is 7.66. The van der Waals surface area contributed by atoms with E-state index in [2.05, 4.69) is 6.92 Å². The number of aliphatic hydroxyl groups is 1. The van der Waals surface area contributed by atoms with Crippen LogP contribution in [0.5, 0.6) is 0 Å². The molecular weight excluding hydrogens is 194 g/mol. The molecule has 1 unspecified atom stereocenters. The van der Waals surface area contributed by atoms with E-state index in [9.17, 15) is 5.11 Å². The van der Waals surface area contributed by atoms with Crippen molar-refractivity contribution in [1.82, 2.24) is 0 Å². The van der Waals surface area contributed by atoms with Crippen molar-refractivity contribution < 1.29 is 14.6 Å². The van der Waals surface area contributed by atoms with Gasteiger partial charge in [-0.25, -0.2) is 0 Å². The number of unbranched alkanes of at least 4 members (excludes halogenated alkanes) is 1. The summed E-state index contributed by atoms with van der Waals surface area (Å²) in [6.07, 6.45) is 1.57. The molecule has 0 radical (unpaired) electrons. The van der Waals surface area contributed by atoms with Crippen LogP contribution in [0.4, 0.5) is 0 Å². The summed E-state index contributed by atoms with van der Waals surface area (Å²) < 4.78 is 10.7. The van der Waals surface area contributed by atoms with Gasteiger partial charge in [0.25, 0.3) is 0 Å². The average molecular weight is 219 g/mol. The van der Waals surface area contributed by atoms with Crippen LogP contribution in [0, 0.1) is 0 Å². The molecule has 0 aromatic carbocycles. The fraction of sp³-hybridized carbons (Fsp3) is 1.00. The SMILES string of the molecule is CCCCOCC(O)COC(C)(C)CN. The first-order valence-electron chi connectivity index (χ1n) is 5.61. The Morgan fingerprint density at radius 3 is 2.53 bits per heavy atom. The zero-order valence-corrected chi connectivity index (χ0v) is 10.2. The van der Waals surface area contributed by atoms with Crippen molar-refractivity contribution >= 4 is 0 Å². The highest BCUT2D eigenvalue weighted by atomic mass is 16.5. The van der Waals surface area contributed by atoms with E-state index < -0.39 is 6.10 Å². The van der Waals surface area contributed by atoms with Crippen molar-refractivity contribution in [1.29, 1.82) is 0 Å². The molecule has 0 aliphatic heterocycles. The lowest BCUT2D eigenvalue weighted by atomic mass is 10.1. The normalized spacial score (nSPS) is 14.2. The molecule has 4 nitrogen and oxygen atoms in total. The van der Waals surface area contributed by atoms with Gasteiger partial charge in [-0.15, -0.1) is 0 Å². The minimum absolute atomic E-state index is 0.274. The summed E-state index contributed by atoms with van der Waals surface area (Å²) in [5.74, 6) is 0. The van der Waals surface area contributed by atoms with E-state index in [0.29, 0.717) is 19.8 Å². The molecule has 0 saturated heterocycles. The summed E-state index contributed by atoms with van der Waals surface area (Å²) in [6, 6.07) is 0. The first-order chi connectivity index (χ1) is 7.02. The van der Waals surface area contributed by atoms with Gasteiger partial charge in [0.15, 0.2) is 0 Å². The molecule has 0 aromatic rings. The number of aliphatic hydroxyl groups excluding tert-OH is 1. The van der Waals surface area contributed by atoms with Crippen LogP contribution in [0.1, 0.15) is 33.6 Å². The summed E-state index contributed by atoms with van der Waals surface area (Å²) in [4.78, 5) is 0. The summed E-state index contributed by atoms with van der Waals surface area (Å²) in [7, 11) is 0. The number of hydrogen-bond donors (Lipinski definition) is 2. The Hall–Kier alpha value is -0.160. The zero-order chi connectivity index (χ0) is 11.7. The van der Waals surface area contributed by atoms with Gasteiger partial charge >= 0.3 is 0 Å². The maximum absolute atomic E-state index is 9.52. The summed E-state index contributed by atoms with van der Waals surface area (Å²) in [5.41, 5.74) is 5.12. The monoisotopic (exact) mass is 219 g/mol. The third kappa shape index (κ3) is 8.81. The molecule has 1 atom stereocenters. The van der Waals surface area contributed by atoms with Gasteiger partial charge in [0.1, 0.15) is 6.10 Å². The van der Waals surface area contributed by atoms with Crippen LogP contribution < -0.4 is 5.73 Å². The Balaban J connectivity index is 3.44. The Morgan fingerprint density at radius 1 is 1.33 bits per heavy atom. The Kier molecular flexibility index (Phi) is 7.96. The standard InChI is InChI=1S/C11H25NO3/c1-4-5-6-14-7-10(13)8-15-11(2,3)9-12/h10,13H,4-9,12H2,1-3H3. The average Bonchev–Trinajstić information content (AvgIpc) is 2.22. The molecule has 0 spiro atoms. The third-order valence-electron chi connectivity index (χ3n) is 2.11. The molecule has 0 aliphatic carbocycles. The highest BCUT2D eigenvalue weighted by Crippen LogP contribution is 2.06. The smallest absolute Gasteiger partial charge is 0.101 e. The molecule has 0 amide bonds. The molecule has 0 aromatic heterocycles. The lowest BCUT2D eigenvalue weighted by Crippen LogP contribution is -2.37. The molecule has 0 bridgehead atoms. The van der Waals surface area contributed by atoms with Crippen LogP contribution in [-0.2, 0) is 9.47 Å². The molecule has 0 rings (SSSR count). The zero-order valence-electron chi connectivity index (χ0n) is 10.2. The van der Waals surface area contributed by atoms with Gasteiger partial charge in [-0.1, -0.05) is 13.3 Å². The Morgan fingerprint density at radius 2 is 2.00 bits per heavy atom. The van der Waals surface area contributed by atoms with E-state index in [1.165, 1.54) is 0 Å². The highest BCUT2D eigenvalue weighted by Gasteiger charge is 2.17. The summed E-state index contributed by atoms with van der Waals surface area (Å²) in [5, 5.41) is 9.52. The first-order valence-corrected chi connectivity index (χ1v) is 5.61. The largest absolute Gasteiger partial charge is 0.388 e. The van der Waals surface area contributed by atoms with Crippen molar-refractivity contribution in [3.63, 3.8) is 0 Å². The minimum Gasteiger partial charge on any atom is -0.388 e. The van der Waals surface area contributed by atoms with Crippen LogP contribution >= 0.6 is 0 Å². The molecule has 0 aliphatic rings. The molecule has 92 valence electrons. The second-order valence-electron chi connectivity index (χ2n) is 4.36. The van der Waals surface area contributed by atoms with E-state index in [1.54, 1.807) is 0 Å². The number of rotatable bonds is 9. The third-order valence-corrected chi connectivity index (χ3v) is 2.11. The fourth-order valence-electron chi connectivity index (χ4n) is 0.895. The van der Waals surface area contributed by atoms with E-state index in [-0.39, 0.29) is 12.2 Å². The maximum atomic E-state index is 9.52. The van der Waals surface area contributed by atoms with Gasteiger partial charge in [-0.05, 0) is 20.3 Å². The Labute approximate surface area is 92.7 Å².